The van der Waals surface area contributed by atoms with E-state index >= 15 is 0 Å². The first kappa shape index (κ1) is 16.5. The van der Waals surface area contributed by atoms with Crippen molar-refractivity contribution in [3.8, 4) is 0 Å². The summed E-state index contributed by atoms with van der Waals surface area (Å²) >= 11 is 5.82. The van der Waals surface area contributed by atoms with Crippen LogP contribution < -0.4 is 5.32 Å². The Balaban J connectivity index is 1.99. The van der Waals surface area contributed by atoms with Gasteiger partial charge < -0.3 is 9.88 Å². The summed E-state index contributed by atoms with van der Waals surface area (Å²) in [7, 11) is 0. The third-order valence-electron chi connectivity index (χ3n) is 3.01. The summed E-state index contributed by atoms with van der Waals surface area (Å²) in [5.74, 6) is 0.996. The van der Waals surface area contributed by atoms with Crippen LogP contribution in [0.5, 0.6) is 0 Å². The fraction of sp³-hybridized carbons (Fsp3) is 0.462. The maximum atomic E-state index is 12.5. The number of anilines is 1. The van der Waals surface area contributed by atoms with Gasteiger partial charge in [-0.05, 0) is 19.9 Å². The first-order valence-corrected chi connectivity index (χ1v) is 7.02. The van der Waals surface area contributed by atoms with Gasteiger partial charge in [0.1, 0.15) is 18.0 Å². The number of pyridine rings is 1. The molecule has 2 aromatic heterocycles. The topological polar surface area (TPSA) is 55.6 Å². The van der Waals surface area contributed by atoms with E-state index in [1.165, 1.54) is 0 Å². The first-order chi connectivity index (χ1) is 10.3. The molecule has 2 aromatic rings. The molecule has 0 saturated heterocycles. The van der Waals surface area contributed by atoms with Crippen molar-refractivity contribution in [2.24, 2.45) is 0 Å². The smallest absolute Gasteiger partial charge is 0.368 e. The van der Waals surface area contributed by atoms with Crippen LogP contribution in [0.25, 0.3) is 0 Å². The summed E-state index contributed by atoms with van der Waals surface area (Å²) in [6, 6.07) is 1.09. The molecule has 0 fully saturated rings. The third-order valence-corrected chi connectivity index (χ3v) is 3.30. The van der Waals surface area contributed by atoms with Crippen molar-refractivity contribution in [2.75, 3.05) is 11.9 Å². The van der Waals surface area contributed by atoms with Crippen molar-refractivity contribution in [3.63, 3.8) is 0 Å². The fourth-order valence-electron chi connectivity index (χ4n) is 1.89. The normalized spacial score (nSPS) is 12.0. The number of hydrogen-bond acceptors (Lipinski definition) is 4. The van der Waals surface area contributed by atoms with Gasteiger partial charge in [-0.15, -0.1) is 10.2 Å². The van der Waals surface area contributed by atoms with Crippen molar-refractivity contribution in [1.29, 1.82) is 0 Å². The number of nitrogens with one attached hydrogen (secondary N) is 1. The van der Waals surface area contributed by atoms with Crippen molar-refractivity contribution in [3.05, 3.63) is 35.0 Å². The van der Waals surface area contributed by atoms with Gasteiger partial charge in [0.05, 0.1) is 10.6 Å². The van der Waals surface area contributed by atoms with Crippen LogP contribution in [-0.2, 0) is 12.6 Å². The molecule has 0 aliphatic carbocycles. The molecule has 22 heavy (non-hydrogen) atoms. The molecule has 0 atom stereocenters. The number of nitrogens with zero attached hydrogens (tertiary/aromatic N) is 4. The van der Waals surface area contributed by atoms with E-state index in [1.807, 2.05) is 18.4 Å². The van der Waals surface area contributed by atoms with E-state index in [4.69, 9.17) is 11.6 Å². The predicted molar refractivity (Wildman–Crippen MR) is 76.8 cm³/mol. The lowest BCUT2D eigenvalue weighted by Crippen LogP contribution is -2.13. The molecule has 0 bridgehead atoms. The fourth-order valence-corrected chi connectivity index (χ4v) is 2.13. The van der Waals surface area contributed by atoms with E-state index < -0.39 is 11.7 Å². The highest BCUT2D eigenvalue weighted by molar-refractivity contribution is 6.32. The van der Waals surface area contributed by atoms with Gasteiger partial charge in [-0.1, -0.05) is 11.6 Å². The molecule has 1 N–H and O–H groups in total. The molecule has 0 unspecified atom stereocenters. The van der Waals surface area contributed by atoms with E-state index in [9.17, 15) is 13.2 Å². The SMILES string of the molecule is CC(C)n1cnnc1CCNc1ncc(C(F)(F)F)cc1Cl. The molecule has 0 aliphatic rings. The predicted octanol–water partition coefficient (Wildman–Crippen LogP) is 3.58. The molecule has 2 heterocycles. The Kier molecular flexibility index (Phi) is 4.90. The molecular weight excluding hydrogens is 319 g/mol. The van der Waals surface area contributed by atoms with Crippen LogP contribution in [0.1, 0.15) is 31.3 Å². The summed E-state index contributed by atoms with van der Waals surface area (Å²) in [5.41, 5.74) is -0.873. The molecule has 2 rings (SSSR count). The molecule has 0 saturated carbocycles. The first-order valence-electron chi connectivity index (χ1n) is 6.64. The van der Waals surface area contributed by atoms with Crippen LogP contribution in [0.15, 0.2) is 18.6 Å². The van der Waals surface area contributed by atoms with Crippen LogP contribution in [0.2, 0.25) is 5.02 Å². The van der Waals surface area contributed by atoms with E-state index in [1.54, 1.807) is 6.33 Å². The minimum absolute atomic E-state index is 0.0693. The standard InChI is InChI=1S/C13H15ClF3N5/c1-8(2)22-7-20-21-11(22)3-4-18-12-10(14)5-9(6-19-12)13(15,16)17/h5-8H,3-4H2,1-2H3,(H,18,19). The molecule has 0 aliphatic heterocycles. The highest BCUT2D eigenvalue weighted by atomic mass is 35.5. The lowest BCUT2D eigenvalue weighted by atomic mass is 10.2. The average molecular weight is 334 g/mol. The van der Waals surface area contributed by atoms with Gasteiger partial charge >= 0.3 is 6.18 Å². The van der Waals surface area contributed by atoms with Gasteiger partial charge in [0, 0.05) is 25.2 Å². The highest BCUT2D eigenvalue weighted by Gasteiger charge is 2.31. The summed E-state index contributed by atoms with van der Waals surface area (Å²) in [4.78, 5) is 3.72. The zero-order valence-corrected chi connectivity index (χ0v) is 12.8. The molecular formula is C13H15ClF3N5. The Hall–Kier alpha value is -1.83. The number of halogens is 4. The lowest BCUT2D eigenvalue weighted by molar-refractivity contribution is -0.137. The van der Waals surface area contributed by atoms with E-state index in [2.05, 4.69) is 20.5 Å². The second-order valence-electron chi connectivity index (χ2n) is 4.98. The largest absolute Gasteiger partial charge is 0.417 e. The van der Waals surface area contributed by atoms with Crippen molar-refractivity contribution in [1.82, 2.24) is 19.7 Å². The Bertz CT molecular complexity index is 639. The monoisotopic (exact) mass is 333 g/mol. The second kappa shape index (κ2) is 6.51. The molecule has 9 heteroatoms. The van der Waals surface area contributed by atoms with E-state index in [0.29, 0.717) is 13.0 Å². The van der Waals surface area contributed by atoms with Crippen molar-refractivity contribution >= 4 is 17.4 Å². The molecule has 5 nitrogen and oxygen atoms in total. The summed E-state index contributed by atoms with van der Waals surface area (Å²) < 4.78 is 39.5. The lowest BCUT2D eigenvalue weighted by Gasteiger charge is -2.12. The second-order valence-corrected chi connectivity index (χ2v) is 5.38. The van der Waals surface area contributed by atoms with Gasteiger partial charge in [-0.3, -0.25) is 0 Å². The minimum atomic E-state index is -4.46. The zero-order chi connectivity index (χ0) is 16.3. The maximum Gasteiger partial charge on any atom is 0.417 e. The summed E-state index contributed by atoms with van der Waals surface area (Å²) in [6.45, 7) is 4.45. The number of aromatic nitrogens is 4. The quantitative estimate of drug-likeness (QED) is 0.908. The molecule has 120 valence electrons. The van der Waals surface area contributed by atoms with E-state index in [0.717, 1.165) is 18.1 Å². The van der Waals surface area contributed by atoms with Crippen LogP contribution in [0.3, 0.4) is 0 Å². The van der Waals surface area contributed by atoms with Gasteiger partial charge in [0.25, 0.3) is 0 Å². The minimum Gasteiger partial charge on any atom is -0.368 e. The number of rotatable bonds is 5. The Morgan fingerprint density at radius 1 is 1.36 bits per heavy atom. The van der Waals surface area contributed by atoms with Crippen LogP contribution in [-0.4, -0.2) is 26.3 Å². The van der Waals surface area contributed by atoms with E-state index in [-0.39, 0.29) is 16.9 Å². The van der Waals surface area contributed by atoms with Gasteiger partial charge in [-0.2, -0.15) is 13.2 Å². The van der Waals surface area contributed by atoms with Crippen LogP contribution in [0, 0.1) is 0 Å². The maximum absolute atomic E-state index is 12.5. The van der Waals surface area contributed by atoms with Crippen molar-refractivity contribution < 1.29 is 13.2 Å². The number of alkyl halides is 3. The average Bonchev–Trinajstić information content (AvgIpc) is 2.88. The van der Waals surface area contributed by atoms with Crippen LogP contribution >= 0.6 is 11.6 Å². The molecule has 0 radical (unpaired) electrons. The number of hydrogen-bond donors (Lipinski definition) is 1. The molecule has 0 aromatic carbocycles. The summed E-state index contributed by atoms with van der Waals surface area (Å²) in [6.07, 6.45) is -1.51. The van der Waals surface area contributed by atoms with Crippen LogP contribution in [0.4, 0.5) is 19.0 Å². The third kappa shape index (κ3) is 3.88. The van der Waals surface area contributed by atoms with Gasteiger partial charge in [-0.25, -0.2) is 4.98 Å². The Morgan fingerprint density at radius 2 is 2.09 bits per heavy atom. The molecule has 0 spiro atoms. The zero-order valence-electron chi connectivity index (χ0n) is 12.0. The van der Waals surface area contributed by atoms with Gasteiger partial charge in [0.2, 0.25) is 0 Å². The van der Waals surface area contributed by atoms with Gasteiger partial charge in [0.15, 0.2) is 0 Å². The Morgan fingerprint density at radius 3 is 2.68 bits per heavy atom. The molecule has 0 amide bonds. The van der Waals surface area contributed by atoms with Crippen molar-refractivity contribution in [2.45, 2.75) is 32.5 Å². The highest BCUT2D eigenvalue weighted by Crippen LogP contribution is 2.32. The Labute approximate surface area is 130 Å². The summed E-state index contributed by atoms with van der Waals surface area (Å²) in [5, 5.41) is 10.7.